The van der Waals surface area contributed by atoms with Gasteiger partial charge in [0, 0.05) is 28.1 Å². The molecule has 0 aliphatic rings. The number of halogens is 2. The molecule has 0 atom stereocenters. The number of rotatable bonds is 13. The summed E-state index contributed by atoms with van der Waals surface area (Å²) in [4.78, 5) is 10.7. The Bertz CT molecular complexity index is 944. The van der Waals surface area contributed by atoms with Crippen molar-refractivity contribution in [2.75, 3.05) is 18.1 Å². The number of carboxylic acids is 1. The fraction of sp³-hybridized carbons (Fsp3) is 0.296. The third-order valence-corrected chi connectivity index (χ3v) is 6.91. The van der Waals surface area contributed by atoms with Gasteiger partial charge in [-0.25, -0.2) is 0 Å². The molecule has 3 nitrogen and oxygen atoms in total. The fourth-order valence-electron chi connectivity index (χ4n) is 3.63. The summed E-state index contributed by atoms with van der Waals surface area (Å²) in [6.07, 6.45) is 2.83. The Morgan fingerprint density at radius 3 is 1.97 bits per heavy atom. The predicted octanol–water partition coefficient (Wildman–Crippen LogP) is 7.73. The van der Waals surface area contributed by atoms with Gasteiger partial charge >= 0.3 is 5.97 Å². The maximum Gasteiger partial charge on any atom is 0.303 e. The van der Waals surface area contributed by atoms with Crippen LogP contribution < -0.4 is 4.74 Å². The van der Waals surface area contributed by atoms with Crippen LogP contribution in [0, 0.1) is 0 Å². The van der Waals surface area contributed by atoms with Gasteiger partial charge in [-0.1, -0.05) is 59.6 Å². The first-order valence-corrected chi connectivity index (χ1v) is 12.9. The highest BCUT2D eigenvalue weighted by Crippen LogP contribution is 2.31. The molecule has 0 bridgehead atoms. The summed E-state index contributed by atoms with van der Waals surface area (Å²) < 4.78 is 5.81. The number of thioether (sulfide) groups is 1. The Kier molecular flexibility index (Phi) is 10.5. The highest BCUT2D eigenvalue weighted by molar-refractivity contribution is 7.99. The Morgan fingerprint density at radius 1 is 0.848 bits per heavy atom. The van der Waals surface area contributed by atoms with Crippen LogP contribution in [0.1, 0.15) is 41.9 Å². The van der Waals surface area contributed by atoms with E-state index in [1.807, 2.05) is 60.3 Å². The summed E-state index contributed by atoms with van der Waals surface area (Å²) in [6.45, 7) is 0.650. The molecule has 0 fully saturated rings. The highest BCUT2D eigenvalue weighted by Gasteiger charge is 2.14. The van der Waals surface area contributed by atoms with Crippen LogP contribution in [0.4, 0.5) is 0 Å². The first kappa shape index (κ1) is 25.5. The molecule has 3 aromatic carbocycles. The highest BCUT2D eigenvalue weighted by atomic mass is 35.5. The van der Waals surface area contributed by atoms with Gasteiger partial charge in [0.25, 0.3) is 0 Å². The van der Waals surface area contributed by atoms with Crippen molar-refractivity contribution in [3.8, 4) is 5.75 Å². The molecule has 0 heterocycles. The van der Waals surface area contributed by atoms with Crippen molar-refractivity contribution in [1.29, 1.82) is 0 Å². The third-order valence-electron chi connectivity index (χ3n) is 5.37. The third kappa shape index (κ3) is 8.96. The minimum atomic E-state index is -0.778. The summed E-state index contributed by atoms with van der Waals surface area (Å²) in [5.41, 5.74) is 3.54. The van der Waals surface area contributed by atoms with Gasteiger partial charge in [0.15, 0.2) is 0 Å². The lowest BCUT2D eigenvalue weighted by atomic mass is 9.88. The van der Waals surface area contributed by atoms with Crippen molar-refractivity contribution in [2.45, 2.75) is 31.6 Å². The van der Waals surface area contributed by atoms with Gasteiger partial charge in [0.1, 0.15) is 5.75 Å². The number of benzene rings is 3. The maximum absolute atomic E-state index is 10.7. The van der Waals surface area contributed by atoms with E-state index in [9.17, 15) is 4.79 Å². The molecule has 0 radical (unpaired) electrons. The largest absolute Gasteiger partial charge is 0.493 e. The van der Waals surface area contributed by atoms with E-state index in [2.05, 4.69) is 24.3 Å². The van der Waals surface area contributed by atoms with E-state index >= 15 is 0 Å². The Hall–Kier alpha value is -2.14. The lowest BCUT2D eigenvalue weighted by Gasteiger charge is -2.18. The van der Waals surface area contributed by atoms with Gasteiger partial charge in [-0.3, -0.25) is 4.79 Å². The van der Waals surface area contributed by atoms with Crippen molar-refractivity contribution >= 4 is 40.9 Å². The molecule has 0 saturated carbocycles. The van der Waals surface area contributed by atoms with Crippen LogP contribution in [0.25, 0.3) is 0 Å². The molecule has 0 saturated heterocycles. The SMILES string of the molecule is O=C(O)CCc1ccc(OCCSCCCC(c2ccc(Cl)cc2)c2ccc(Cl)cc2)cc1. The van der Waals surface area contributed by atoms with Crippen LogP contribution in [-0.4, -0.2) is 29.2 Å². The second-order valence-corrected chi connectivity index (χ2v) is 9.89. The predicted molar refractivity (Wildman–Crippen MR) is 139 cm³/mol. The van der Waals surface area contributed by atoms with Crippen molar-refractivity contribution < 1.29 is 14.6 Å². The van der Waals surface area contributed by atoms with E-state index in [1.165, 1.54) is 11.1 Å². The van der Waals surface area contributed by atoms with Crippen molar-refractivity contribution in [2.24, 2.45) is 0 Å². The van der Waals surface area contributed by atoms with Crippen LogP contribution in [0.5, 0.6) is 5.75 Å². The number of aryl methyl sites for hydroxylation is 1. The molecule has 0 aliphatic heterocycles. The molecule has 0 aliphatic carbocycles. The maximum atomic E-state index is 10.7. The Balaban J connectivity index is 1.40. The van der Waals surface area contributed by atoms with Crippen molar-refractivity contribution in [1.82, 2.24) is 0 Å². The second kappa shape index (κ2) is 13.5. The zero-order valence-corrected chi connectivity index (χ0v) is 20.7. The zero-order valence-electron chi connectivity index (χ0n) is 18.4. The van der Waals surface area contributed by atoms with Gasteiger partial charge < -0.3 is 9.84 Å². The molecule has 1 N–H and O–H groups in total. The molecule has 0 amide bonds. The molecule has 3 rings (SSSR count). The van der Waals surface area contributed by atoms with E-state index in [0.717, 1.165) is 45.7 Å². The molecule has 3 aromatic rings. The smallest absolute Gasteiger partial charge is 0.303 e. The summed E-state index contributed by atoms with van der Waals surface area (Å²) >= 11 is 14.1. The molecule has 0 aromatic heterocycles. The van der Waals surface area contributed by atoms with Gasteiger partial charge in [-0.2, -0.15) is 11.8 Å². The van der Waals surface area contributed by atoms with Crippen LogP contribution in [0.2, 0.25) is 10.0 Å². The second-order valence-electron chi connectivity index (χ2n) is 7.80. The number of carboxylic acid groups (broad SMARTS) is 1. The summed E-state index contributed by atoms with van der Waals surface area (Å²) in [7, 11) is 0. The molecule has 0 spiro atoms. The van der Waals surface area contributed by atoms with E-state index in [4.69, 9.17) is 33.0 Å². The van der Waals surface area contributed by atoms with Gasteiger partial charge in [-0.05, 0) is 78.1 Å². The van der Waals surface area contributed by atoms with Crippen molar-refractivity contribution in [3.05, 3.63) is 99.5 Å². The monoisotopic (exact) mass is 502 g/mol. The van der Waals surface area contributed by atoms with E-state index < -0.39 is 5.97 Å². The minimum absolute atomic E-state index is 0.147. The number of ether oxygens (including phenoxy) is 1. The minimum Gasteiger partial charge on any atom is -0.493 e. The molecule has 33 heavy (non-hydrogen) atoms. The number of hydrogen-bond donors (Lipinski definition) is 1. The van der Waals surface area contributed by atoms with Crippen LogP contribution in [0.15, 0.2) is 72.8 Å². The van der Waals surface area contributed by atoms with Crippen LogP contribution in [-0.2, 0) is 11.2 Å². The standard InChI is InChI=1S/C27H28Cl2O3S/c28-23-10-6-21(7-11-23)26(22-8-12-24(29)13-9-22)2-1-18-33-19-17-32-25-14-3-20(4-15-25)5-16-27(30)31/h3-4,6-15,26H,1-2,5,16-19H2,(H,30,31). The lowest BCUT2D eigenvalue weighted by Crippen LogP contribution is -2.04. The number of aliphatic carboxylic acids is 1. The normalized spacial score (nSPS) is 11.0. The average molecular weight is 503 g/mol. The quantitative estimate of drug-likeness (QED) is 0.243. The fourth-order valence-corrected chi connectivity index (χ4v) is 4.66. The number of hydrogen-bond acceptors (Lipinski definition) is 3. The molecular weight excluding hydrogens is 475 g/mol. The van der Waals surface area contributed by atoms with E-state index in [0.29, 0.717) is 18.9 Å². The first-order valence-electron chi connectivity index (χ1n) is 11.0. The number of carbonyl (C=O) groups is 1. The summed E-state index contributed by atoms with van der Waals surface area (Å²) in [5.74, 6) is 2.35. The van der Waals surface area contributed by atoms with Gasteiger partial charge in [0.05, 0.1) is 6.61 Å². The topological polar surface area (TPSA) is 46.5 Å². The van der Waals surface area contributed by atoms with Gasteiger partial charge in [0.2, 0.25) is 0 Å². The summed E-state index contributed by atoms with van der Waals surface area (Å²) in [5, 5.41) is 10.3. The Morgan fingerprint density at radius 2 is 1.42 bits per heavy atom. The molecule has 6 heteroatoms. The summed E-state index contributed by atoms with van der Waals surface area (Å²) in [6, 6.07) is 23.9. The Labute approximate surface area is 210 Å². The first-order chi connectivity index (χ1) is 16.0. The van der Waals surface area contributed by atoms with Crippen LogP contribution in [0.3, 0.4) is 0 Å². The van der Waals surface area contributed by atoms with E-state index in [1.54, 1.807) is 0 Å². The molecule has 0 unspecified atom stereocenters. The van der Waals surface area contributed by atoms with Gasteiger partial charge in [-0.15, -0.1) is 0 Å². The van der Waals surface area contributed by atoms with Crippen LogP contribution >= 0.6 is 35.0 Å². The molecule has 174 valence electrons. The van der Waals surface area contributed by atoms with E-state index in [-0.39, 0.29) is 6.42 Å². The zero-order chi connectivity index (χ0) is 23.5. The average Bonchev–Trinajstić information content (AvgIpc) is 2.82. The lowest BCUT2D eigenvalue weighted by molar-refractivity contribution is -0.136. The molecular formula is C27H28Cl2O3S. The van der Waals surface area contributed by atoms with Crippen molar-refractivity contribution in [3.63, 3.8) is 0 Å².